The highest BCUT2D eigenvalue weighted by atomic mass is 127. The number of nitrogens with zero attached hydrogens (tertiary/aromatic N) is 2. The lowest BCUT2D eigenvalue weighted by Gasteiger charge is -2.08. The lowest BCUT2D eigenvalue weighted by atomic mass is 10.3. The molecule has 0 aliphatic rings. The molecule has 16 heavy (non-hydrogen) atoms. The number of para-hydroxylation sites is 1. The molecule has 0 spiro atoms. The molecule has 1 N–H and O–H groups in total. The highest BCUT2D eigenvalue weighted by molar-refractivity contribution is 14.1. The lowest BCUT2D eigenvalue weighted by Crippen LogP contribution is -2.06. The topological polar surface area (TPSA) is 29.9 Å². The Morgan fingerprint density at radius 1 is 1.44 bits per heavy atom. The van der Waals surface area contributed by atoms with Crippen LogP contribution < -0.4 is 5.32 Å². The first kappa shape index (κ1) is 11.7. The molecule has 1 heterocycles. The third kappa shape index (κ3) is 2.49. The van der Waals surface area contributed by atoms with Crippen LogP contribution in [-0.2, 0) is 13.6 Å². The van der Waals surface area contributed by atoms with Crippen LogP contribution in [0.1, 0.15) is 5.82 Å². The number of nitrogens with one attached hydrogen (secondary N) is 1. The van der Waals surface area contributed by atoms with Gasteiger partial charge in [-0.2, -0.15) is 0 Å². The first-order valence-electron chi connectivity index (χ1n) is 4.83. The van der Waals surface area contributed by atoms with Gasteiger partial charge in [0.05, 0.1) is 12.7 Å². The van der Waals surface area contributed by atoms with Crippen LogP contribution >= 0.6 is 34.2 Å². The average Bonchev–Trinajstić information content (AvgIpc) is 2.59. The summed E-state index contributed by atoms with van der Waals surface area (Å²) in [7, 11) is 1.91. The zero-order valence-electron chi connectivity index (χ0n) is 8.74. The smallest absolute Gasteiger partial charge is 0.128 e. The van der Waals surface area contributed by atoms with E-state index < -0.39 is 0 Å². The van der Waals surface area contributed by atoms with Gasteiger partial charge in [0.1, 0.15) is 11.0 Å². The first-order valence-corrected chi connectivity index (χ1v) is 6.28. The van der Waals surface area contributed by atoms with E-state index in [0.717, 1.165) is 11.5 Å². The molecule has 0 radical (unpaired) electrons. The molecule has 0 bridgehead atoms. The molecular formula is C11H11ClIN3. The second-order valence-corrected chi connectivity index (χ2v) is 4.94. The van der Waals surface area contributed by atoms with Crippen LogP contribution in [-0.4, -0.2) is 9.55 Å². The summed E-state index contributed by atoms with van der Waals surface area (Å²) in [5.74, 6) is 0.921. The van der Waals surface area contributed by atoms with Crippen molar-refractivity contribution in [3.63, 3.8) is 0 Å². The number of anilines is 1. The predicted octanol–water partition coefficient (Wildman–Crippen LogP) is 3.29. The van der Waals surface area contributed by atoms with E-state index in [4.69, 9.17) is 11.6 Å². The van der Waals surface area contributed by atoms with Crippen LogP contribution in [0.5, 0.6) is 0 Å². The molecule has 84 valence electrons. The molecule has 2 aromatic rings. The maximum atomic E-state index is 5.91. The fraction of sp³-hybridized carbons (Fsp3) is 0.182. The Morgan fingerprint density at radius 3 is 2.81 bits per heavy atom. The maximum absolute atomic E-state index is 5.91. The van der Waals surface area contributed by atoms with Crippen molar-refractivity contribution in [2.45, 2.75) is 6.54 Å². The Labute approximate surface area is 113 Å². The van der Waals surface area contributed by atoms with E-state index in [9.17, 15) is 0 Å². The zero-order valence-corrected chi connectivity index (χ0v) is 11.7. The molecule has 0 saturated heterocycles. The van der Waals surface area contributed by atoms with Gasteiger partial charge in [-0.25, -0.2) is 4.98 Å². The summed E-state index contributed by atoms with van der Waals surface area (Å²) in [4.78, 5) is 4.23. The van der Waals surface area contributed by atoms with Gasteiger partial charge in [0, 0.05) is 16.3 Å². The predicted molar refractivity (Wildman–Crippen MR) is 74.7 cm³/mol. The number of hydrogen-bond acceptors (Lipinski definition) is 2. The minimum Gasteiger partial charge on any atom is -0.377 e. The molecule has 1 aromatic heterocycles. The van der Waals surface area contributed by atoms with E-state index >= 15 is 0 Å². The molecular weight excluding hydrogens is 336 g/mol. The summed E-state index contributed by atoms with van der Waals surface area (Å²) in [6.45, 7) is 0.670. The van der Waals surface area contributed by atoms with E-state index in [-0.39, 0.29) is 0 Å². The normalized spacial score (nSPS) is 10.4. The Hall–Kier alpha value is -0.750. The van der Waals surface area contributed by atoms with Crippen molar-refractivity contribution in [3.05, 3.63) is 45.0 Å². The van der Waals surface area contributed by atoms with Crippen LogP contribution in [0, 0.1) is 3.57 Å². The number of imidazole rings is 1. The van der Waals surface area contributed by atoms with Crippen LogP contribution in [0.4, 0.5) is 5.69 Å². The lowest BCUT2D eigenvalue weighted by molar-refractivity contribution is 0.813. The van der Waals surface area contributed by atoms with Gasteiger partial charge in [-0.3, -0.25) is 0 Å². The molecule has 0 saturated carbocycles. The van der Waals surface area contributed by atoms with Gasteiger partial charge in [0.25, 0.3) is 0 Å². The minimum absolute atomic E-state index is 0.652. The summed E-state index contributed by atoms with van der Waals surface area (Å²) in [6.07, 6.45) is 1.66. The molecule has 0 fully saturated rings. The molecule has 0 aliphatic heterocycles. The molecule has 0 unspecified atom stereocenters. The summed E-state index contributed by atoms with van der Waals surface area (Å²) >= 11 is 8.21. The third-order valence-corrected chi connectivity index (χ3v) is 3.63. The largest absolute Gasteiger partial charge is 0.377 e. The summed E-state index contributed by atoms with van der Waals surface area (Å²) < 4.78 is 3.06. The Kier molecular flexibility index (Phi) is 3.70. The number of rotatable bonds is 3. The van der Waals surface area contributed by atoms with Gasteiger partial charge in [0.15, 0.2) is 0 Å². The summed E-state index contributed by atoms with van der Waals surface area (Å²) in [6, 6.07) is 8.14. The van der Waals surface area contributed by atoms with Crippen molar-refractivity contribution in [1.29, 1.82) is 0 Å². The van der Waals surface area contributed by atoms with Crippen LogP contribution in [0.25, 0.3) is 0 Å². The van der Waals surface area contributed by atoms with E-state index in [1.54, 1.807) is 6.20 Å². The Morgan fingerprint density at radius 2 is 2.19 bits per heavy atom. The van der Waals surface area contributed by atoms with E-state index in [1.807, 2.05) is 29.8 Å². The second-order valence-electron chi connectivity index (χ2n) is 3.39. The van der Waals surface area contributed by atoms with Crippen LogP contribution in [0.15, 0.2) is 30.5 Å². The molecule has 0 amide bonds. The zero-order chi connectivity index (χ0) is 11.5. The molecule has 5 heteroatoms. The van der Waals surface area contributed by atoms with E-state index in [1.165, 1.54) is 3.57 Å². The molecule has 1 aromatic carbocycles. The molecule has 0 aliphatic carbocycles. The first-order chi connectivity index (χ1) is 7.68. The van der Waals surface area contributed by atoms with Crippen LogP contribution in [0.3, 0.4) is 0 Å². The van der Waals surface area contributed by atoms with Gasteiger partial charge in [0.2, 0.25) is 0 Å². The second kappa shape index (κ2) is 5.05. The highest BCUT2D eigenvalue weighted by Crippen LogP contribution is 2.18. The quantitative estimate of drug-likeness (QED) is 0.864. The number of benzene rings is 1. The monoisotopic (exact) mass is 347 g/mol. The number of aromatic nitrogens is 2. The SMILES string of the molecule is Cn1c(Cl)cnc1CNc1ccccc1I. The van der Waals surface area contributed by atoms with Crippen molar-refractivity contribution < 1.29 is 0 Å². The number of halogens is 2. The molecule has 2 rings (SSSR count). The van der Waals surface area contributed by atoms with Crippen molar-refractivity contribution >= 4 is 39.9 Å². The van der Waals surface area contributed by atoms with Gasteiger partial charge in [-0.15, -0.1) is 0 Å². The highest BCUT2D eigenvalue weighted by Gasteiger charge is 2.04. The third-order valence-electron chi connectivity index (χ3n) is 2.34. The van der Waals surface area contributed by atoms with Gasteiger partial charge in [-0.05, 0) is 34.7 Å². The van der Waals surface area contributed by atoms with E-state index in [0.29, 0.717) is 11.7 Å². The van der Waals surface area contributed by atoms with Gasteiger partial charge < -0.3 is 9.88 Å². The maximum Gasteiger partial charge on any atom is 0.128 e. The minimum atomic E-state index is 0.652. The molecule has 0 atom stereocenters. The Bertz CT molecular complexity index is 496. The van der Waals surface area contributed by atoms with Gasteiger partial charge in [-0.1, -0.05) is 23.7 Å². The standard InChI is InChI=1S/C11H11ClIN3/c1-16-10(12)6-15-11(16)7-14-9-5-3-2-4-8(9)13/h2-6,14H,7H2,1H3. The summed E-state index contributed by atoms with van der Waals surface area (Å²) in [5, 5.41) is 3.99. The van der Waals surface area contributed by atoms with Crippen molar-refractivity contribution in [2.24, 2.45) is 7.05 Å². The Balaban J connectivity index is 2.08. The van der Waals surface area contributed by atoms with Crippen molar-refractivity contribution in [2.75, 3.05) is 5.32 Å². The fourth-order valence-corrected chi connectivity index (χ4v) is 2.09. The molecule has 3 nitrogen and oxygen atoms in total. The van der Waals surface area contributed by atoms with E-state index in [2.05, 4.69) is 39.0 Å². The van der Waals surface area contributed by atoms with Crippen LogP contribution in [0.2, 0.25) is 5.15 Å². The van der Waals surface area contributed by atoms with Gasteiger partial charge >= 0.3 is 0 Å². The number of hydrogen-bond donors (Lipinski definition) is 1. The summed E-state index contributed by atoms with van der Waals surface area (Å²) in [5.41, 5.74) is 1.11. The fourth-order valence-electron chi connectivity index (χ4n) is 1.37. The van der Waals surface area contributed by atoms with Crippen molar-refractivity contribution in [1.82, 2.24) is 9.55 Å². The average molecular weight is 348 g/mol. The van der Waals surface area contributed by atoms with Crippen molar-refractivity contribution in [3.8, 4) is 0 Å².